The highest BCUT2D eigenvalue weighted by Crippen LogP contribution is 2.30. The zero-order valence-corrected chi connectivity index (χ0v) is 16.7. The fourth-order valence-corrected chi connectivity index (χ4v) is 3.73. The lowest BCUT2D eigenvalue weighted by Crippen LogP contribution is -2.42. The number of carbonyl (C=O) groups is 2. The third-order valence-electron chi connectivity index (χ3n) is 5.37. The van der Waals surface area contributed by atoms with Crippen molar-refractivity contribution in [1.82, 2.24) is 9.80 Å². The molecule has 0 aromatic heterocycles. The van der Waals surface area contributed by atoms with E-state index in [1.54, 1.807) is 0 Å². The van der Waals surface area contributed by atoms with Gasteiger partial charge in [0.05, 0.1) is 19.1 Å². The number of benzene rings is 1. The maximum absolute atomic E-state index is 12.8. The molecule has 0 aliphatic carbocycles. The number of ether oxygens (including phenoxy) is 1. The molecule has 2 fully saturated rings. The summed E-state index contributed by atoms with van der Waals surface area (Å²) >= 11 is 0. The second kappa shape index (κ2) is 8.40. The van der Waals surface area contributed by atoms with Crippen molar-refractivity contribution in [1.29, 1.82) is 0 Å². The largest absolute Gasteiger partial charge is 0.379 e. The minimum Gasteiger partial charge on any atom is -0.379 e. The van der Waals surface area contributed by atoms with E-state index in [0.717, 1.165) is 44.1 Å². The van der Waals surface area contributed by atoms with Gasteiger partial charge in [-0.25, -0.2) is 0 Å². The Kier molecular flexibility index (Phi) is 6.17. The molecule has 0 radical (unpaired) electrons. The van der Waals surface area contributed by atoms with Gasteiger partial charge in [0.1, 0.15) is 0 Å². The molecule has 1 aromatic carbocycles. The average molecular weight is 373 g/mol. The highest BCUT2D eigenvalue weighted by Gasteiger charge is 2.34. The van der Waals surface area contributed by atoms with Crippen LogP contribution in [0.3, 0.4) is 0 Å². The summed E-state index contributed by atoms with van der Waals surface area (Å²) in [6.07, 6.45) is 0.298. The second-order valence-corrected chi connectivity index (χ2v) is 8.48. The summed E-state index contributed by atoms with van der Waals surface area (Å²) in [5.41, 5.74) is 1.89. The summed E-state index contributed by atoms with van der Waals surface area (Å²) < 4.78 is 5.36. The Balaban J connectivity index is 1.56. The number of hydrogen-bond acceptors (Lipinski definition) is 4. The lowest BCUT2D eigenvalue weighted by molar-refractivity contribution is -0.128. The Morgan fingerprint density at radius 2 is 1.89 bits per heavy atom. The second-order valence-electron chi connectivity index (χ2n) is 8.48. The molecule has 1 atom stereocenters. The van der Waals surface area contributed by atoms with Crippen molar-refractivity contribution >= 4 is 17.5 Å². The highest BCUT2D eigenvalue weighted by molar-refractivity contribution is 5.97. The van der Waals surface area contributed by atoms with Gasteiger partial charge in [0.15, 0.2) is 0 Å². The van der Waals surface area contributed by atoms with Crippen molar-refractivity contribution in [3.8, 4) is 0 Å². The highest BCUT2D eigenvalue weighted by atomic mass is 16.5. The normalized spacial score (nSPS) is 21.5. The van der Waals surface area contributed by atoms with Crippen LogP contribution in [0, 0.1) is 5.92 Å². The topological polar surface area (TPSA) is 61.9 Å². The van der Waals surface area contributed by atoms with E-state index in [-0.39, 0.29) is 23.1 Å². The first-order chi connectivity index (χ1) is 12.8. The molecular weight excluding hydrogens is 342 g/mol. The van der Waals surface area contributed by atoms with Gasteiger partial charge in [0.25, 0.3) is 0 Å². The molecule has 0 spiro atoms. The average Bonchev–Trinajstić information content (AvgIpc) is 3.01. The molecule has 148 valence electrons. The lowest BCUT2D eigenvalue weighted by atomic mass is 9.85. The first-order valence-corrected chi connectivity index (χ1v) is 9.83. The van der Waals surface area contributed by atoms with Crippen LogP contribution < -0.4 is 5.32 Å². The Morgan fingerprint density at radius 3 is 2.59 bits per heavy atom. The molecule has 1 unspecified atom stereocenters. The van der Waals surface area contributed by atoms with Gasteiger partial charge < -0.3 is 15.0 Å². The number of hydrogen-bond donors (Lipinski definition) is 1. The predicted octanol–water partition coefficient (Wildman–Crippen LogP) is 2.10. The molecule has 0 saturated carbocycles. The standard InChI is InChI=1S/C21H31N3O3/c1-21(2,3)17-6-4-5-7-18(17)22-20(26)16-14-19(25)24(15-16)9-8-23-10-12-27-13-11-23/h4-7,16H,8-15H2,1-3H3,(H,22,26). The van der Waals surface area contributed by atoms with Crippen molar-refractivity contribution in [2.24, 2.45) is 5.92 Å². The molecule has 27 heavy (non-hydrogen) atoms. The van der Waals surface area contributed by atoms with Crippen molar-refractivity contribution in [3.63, 3.8) is 0 Å². The minimum atomic E-state index is -0.282. The van der Waals surface area contributed by atoms with Crippen LogP contribution >= 0.6 is 0 Å². The first kappa shape index (κ1) is 19.8. The van der Waals surface area contributed by atoms with Crippen LogP contribution in [0.2, 0.25) is 0 Å². The number of anilines is 1. The van der Waals surface area contributed by atoms with E-state index in [1.807, 2.05) is 29.2 Å². The summed E-state index contributed by atoms with van der Waals surface area (Å²) in [7, 11) is 0. The molecule has 2 saturated heterocycles. The summed E-state index contributed by atoms with van der Waals surface area (Å²) in [6, 6.07) is 7.90. The number of amides is 2. The zero-order chi connectivity index (χ0) is 19.4. The Bertz CT molecular complexity index is 677. The van der Waals surface area contributed by atoms with Gasteiger partial charge in [0.2, 0.25) is 11.8 Å². The number of nitrogens with one attached hydrogen (secondary N) is 1. The van der Waals surface area contributed by atoms with Crippen LogP contribution in [0.4, 0.5) is 5.69 Å². The number of carbonyl (C=O) groups excluding carboxylic acids is 2. The van der Waals surface area contributed by atoms with Crippen LogP contribution in [-0.2, 0) is 19.7 Å². The van der Waals surface area contributed by atoms with E-state index in [1.165, 1.54) is 0 Å². The third-order valence-corrected chi connectivity index (χ3v) is 5.37. The molecule has 1 aromatic rings. The van der Waals surface area contributed by atoms with Gasteiger partial charge >= 0.3 is 0 Å². The van der Waals surface area contributed by atoms with Gasteiger partial charge in [-0.05, 0) is 17.0 Å². The predicted molar refractivity (Wildman–Crippen MR) is 106 cm³/mol. The number of morpholine rings is 1. The Labute approximate surface area is 161 Å². The summed E-state index contributed by atoms with van der Waals surface area (Å²) in [6.45, 7) is 11.8. The smallest absolute Gasteiger partial charge is 0.229 e. The van der Waals surface area contributed by atoms with Crippen LogP contribution in [0.1, 0.15) is 32.8 Å². The van der Waals surface area contributed by atoms with E-state index in [0.29, 0.717) is 19.5 Å². The molecule has 0 bridgehead atoms. The molecule has 2 aliphatic rings. The van der Waals surface area contributed by atoms with Gasteiger partial charge in [-0.2, -0.15) is 0 Å². The number of likely N-dealkylation sites (tertiary alicyclic amines) is 1. The number of rotatable bonds is 5. The third kappa shape index (κ3) is 5.08. The van der Waals surface area contributed by atoms with E-state index < -0.39 is 0 Å². The Hall–Kier alpha value is -1.92. The van der Waals surface area contributed by atoms with Crippen LogP contribution in [0.25, 0.3) is 0 Å². The molecule has 6 heteroatoms. The van der Waals surface area contributed by atoms with E-state index >= 15 is 0 Å². The van der Waals surface area contributed by atoms with Gasteiger partial charge in [0, 0.05) is 44.8 Å². The summed E-state index contributed by atoms with van der Waals surface area (Å²) in [5, 5.41) is 3.06. The van der Waals surface area contributed by atoms with Gasteiger partial charge in [-0.1, -0.05) is 39.0 Å². The summed E-state index contributed by atoms with van der Waals surface area (Å²) in [4.78, 5) is 29.3. The minimum absolute atomic E-state index is 0.0560. The Morgan fingerprint density at radius 1 is 1.19 bits per heavy atom. The van der Waals surface area contributed by atoms with Gasteiger partial charge in [-0.15, -0.1) is 0 Å². The molecule has 2 aliphatic heterocycles. The van der Waals surface area contributed by atoms with Crippen molar-refractivity contribution in [2.45, 2.75) is 32.6 Å². The molecule has 6 nitrogen and oxygen atoms in total. The molecular formula is C21H31N3O3. The number of nitrogens with zero attached hydrogens (tertiary/aromatic N) is 2. The monoisotopic (exact) mass is 373 g/mol. The summed E-state index contributed by atoms with van der Waals surface area (Å²) in [5.74, 6) is -0.267. The van der Waals surface area contributed by atoms with Crippen LogP contribution in [-0.4, -0.2) is 67.6 Å². The fourth-order valence-electron chi connectivity index (χ4n) is 3.73. The molecule has 1 N–H and O–H groups in total. The first-order valence-electron chi connectivity index (χ1n) is 9.83. The maximum atomic E-state index is 12.8. The lowest BCUT2D eigenvalue weighted by Gasteiger charge is -2.28. The van der Waals surface area contributed by atoms with E-state index in [2.05, 4.69) is 31.0 Å². The van der Waals surface area contributed by atoms with Crippen molar-refractivity contribution in [3.05, 3.63) is 29.8 Å². The maximum Gasteiger partial charge on any atom is 0.229 e. The van der Waals surface area contributed by atoms with E-state index in [9.17, 15) is 9.59 Å². The molecule has 2 amide bonds. The van der Waals surface area contributed by atoms with Crippen molar-refractivity contribution in [2.75, 3.05) is 51.3 Å². The van der Waals surface area contributed by atoms with Crippen molar-refractivity contribution < 1.29 is 14.3 Å². The SMILES string of the molecule is CC(C)(C)c1ccccc1NC(=O)C1CC(=O)N(CCN2CCOCC2)C1. The number of para-hydroxylation sites is 1. The molecule has 3 rings (SSSR count). The zero-order valence-electron chi connectivity index (χ0n) is 16.7. The fraction of sp³-hybridized carbons (Fsp3) is 0.619. The molecule has 2 heterocycles. The van der Waals surface area contributed by atoms with E-state index in [4.69, 9.17) is 4.74 Å². The van der Waals surface area contributed by atoms with Crippen LogP contribution in [0.15, 0.2) is 24.3 Å². The quantitative estimate of drug-likeness (QED) is 0.859. The van der Waals surface area contributed by atoms with Crippen LogP contribution in [0.5, 0.6) is 0 Å². The van der Waals surface area contributed by atoms with Gasteiger partial charge in [-0.3, -0.25) is 14.5 Å².